The zero-order chi connectivity index (χ0) is 14.8. The molecule has 1 unspecified atom stereocenters. The highest BCUT2D eigenvalue weighted by atomic mass is 16.2. The van der Waals surface area contributed by atoms with Gasteiger partial charge >= 0.3 is 0 Å². The molecule has 1 saturated heterocycles. The number of rotatable bonds is 3. The van der Waals surface area contributed by atoms with Crippen LogP contribution >= 0.6 is 0 Å². The monoisotopic (exact) mass is 286 g/mol. The minimum absolute atomic E-state index is 0.0329. The first-order chi connectivity index (χ1) is 10.1. The second kappa shape index (κ2) is 5.88. The topological polar surface area (TPSA) is 49.4 Å². The lowest BCUT2D eigenvalue weighted by Crippen LogP contribution is -2.35. The quantitative estimate of drug-likeness (QED) is 0.929. The Kier molecular flexibility index (Phi) is 3.95. The fraction of sp³-hybridized carbons (Fsp3) is 0.529. The summed E-state index contributed by atoms with van der Waals surface area (Å²) >= 11 is 0. The van der Waals surface area contributed by atoms with Gasteiger partial charge in [-0.3, -0.25) is 9.59 Å². The van der Waals surface area contributed by atoms with Gasteiger partial charge in [0.2, 0.25) is 11.8 Å². The number of hydrogen-bond acceptors (Lipinski definition) is 2. The van der Waals surface area contributed by atoms with Crippen molar-refractivity contribution in [1.29, 1.82) is 0 Å². The van der Waals surface area contributed by atoms with Crippen LogP contribution in [-0.2, 0) is 9.59 Å². The Balaban J connectivity index is 1.62. The summed E-state index contributed by atoms with van der Waals surface area (Å²) in [5.74, 6) is -0.0978. The van der Waals surface area contributed by atoms with E-state index in [4.69, 9.17) is 0 Å². The van der Waals surface area contributed by atoms with Crippen molar-refractivity contribution >= 4 is 17.5 Å². The van der Waals surface area contributed by atoms with Crippen molar-refractivity contribution in [3.05, 3.63) is 29.8 Å². The van der Waals surface area contributed by atoms with Gasteiger partial charge < -0.3 is 10.2 Å². The average Bonchev–Trinajstić information content (AvgIpc) is 3.07. The van der Waals surface area contributed by atoms with Gasteiger partial charge in [-0.2, -0.15) is 0 Å². The molecule has 1 heterocycles. The van der Waals surface area contributed by atoms with Gasteiger partial charge in [0.25, 0.3) is 0 Å². The fourth-order valence-electron chi connectivity index (χ4n) is 3.44. The van der Waals surface area contributed by atoms with Gasteiger partial charge in [0.15, 0.2) is 0 Å². The number of anilines is 1. The van der Waals surface area contributed by atoms with Crippen molar-refractivity contribution in [2.24, 2.45) is 5.92 Å². The van der Waals surface area contributed by atoms with Crippen molar-refractivity contribution in [2.45, 2.75) is 45.1 Å². The number of carbonyl (C=O) groups excluding carboxylic acids is 2. The third-order valence-corrected chi connectivity index (χ3v) is 4.58. The molecule has 4 heteroatoms. The molecule has 4 nitrogen and oxygen atoms in total. The molecule has 0 spiro atoms. The minimum Gasteiger partial charge on any atom is -0.339 e. The van der Waals surface area contributed by atoms with Crippen molar-refractivity contribution in [1.82, 2.24) is 4.90 Å². The van der Waals surface area contributed by atoms with Crippen molar-refractivity contribution in [2.75, 3.05) is 11.9 Å². The summed E-state index contributed by atoms with van der Waals surface area (Å²) in [4.78, 5) is 26.4. The maximum absolute atomic E-state index is 12.3. The highest BCUT2D eigenvalue weighted by molar-refractivity contribution is 5.97. The van der Waals surface area contributed by atoms with E-state index in [-0.39, 0.29) is 17.7 Å². The average molecular weight is 286 g/mol. The van der Waals surface area contributed by atoms with Gasteiger partial charge in [-0.05, 0) is 37.5 Å². The summed E-state index contributed by atoms with van der Waals surface area (Å²) < 4.78 is 0. The predicted molar refractivity (Wildman–Crippen MR) is 81.9 cm³/mol. The molecule has 1 saturated carbocycles. The normalized spacial score (nSPS) is 22.8. The third kappa shape index (κ3) is 3.09. The van der Waals surface area contributed by atoms with E-state index >= 15 is 0 Å². The van der Waals surface area contributed by atoms with Crippen LogP contribution in [0.25, 0.3) is 0 Å². The molecule has 0 radical (unpaired) electrons. The second-order valence-electron chi connectivity index (χ2n) is 6.24. The lowest BCUT2D eigenvalue weighted by atomic mass is 10.1. The zero-order valence-corrected chi connectivity index (χ0v) is 12.5. The number of nitrogens with zero attached hydrogens (tertiary/aromatic N) is 1. The standard InChI is InChI=1S/C17H22N2O2/c1-12-5-4-6-14(9-12)18-17(21)13-10-16(20)19(11-13)15-7-2-3-8-15/h4-6,9,13,15H,2-3,7-8,10-11H2,1H3,(H,18,21). The number of benzene rings is 1. The molecule has 3 rings (SSSR count). The molecule has 0 bridgehead atoms. The van der Waals surface area contributed by atoms with E-state index in [1.54, 1.807) is 0 Å². The Labute approximate surface area is 125 Å². The summed E-state index contributed by atoms with van der Waals surface area (Å²) in [7, 11) is 0. The first kappa shape index (κ1) is 14.1. The summed E-state index contributed by atoms with van der Waals surface area (Å²) in [6.07, 6.45) is 4.95. The lowest BCUT2D eigenvalue weighted by molar-refractivity contribution is -0.129. The van der Waals surface area contributed by atoms with Crippen LogP contribution in [0.2, 0.25) is 0 Å². The Hall–Kier alpha value is -1.84. The fourth-order valence-corrected chi connectivity index (χ4v) is 3.44. The number of likely N-dealkylation sites (tertiary alicyclic amines) is 1. The molecule has 2 fully saturated rings. The van der Waals surface area contributed by atoms with Crippen LogP contribution in [0.15, 0.2) is 24.3 Å². The van der Waals surface area contributed by atoms with E-state index < -0.39 is 0 Å². The molecule has 2 amide bonds. The maximum Gasteiger partial charge on any atom is 0.229 e. The molecular formula is C17H22N2O2. The number of nitrogens with one attached hydrogen (secondary N) is 1. The van der Waals surface area contributed by atoms with Gasteiger partial charge in [0.1, 0.15) is 0 Å². The molecule has 1 atom stereocenters. The van der Waals surface area contributed by atoms with E-state index in [2.05, 4.69) is 5.32 Å². The largest absolute Gasteiger partial charge is 0.339 e. The highest BCUT2D eigenvalue weighted by Gasteiger charge is 2.38. The molecule has 1 aromatic rings. The van der Waals surface area contributed by atoms with E-state index in [0.29, 0.717) is 19.0 Å². The summed E-state index contributed by atoms with van der Waals surface area (Å²) in [5.41, 5.74) is 1.93. The van der Waals surface area contributed by atoms with Gasteiger partial charge in [-0.25, -0.2) is 0 Å². The van der Waals surface area contributed by atoms with Crippen LogP contribution in [0.1, 0.15) is 37.7 Å². The number of amides is 2. The number of carbonyl (C=O) groups is 2. The van der Waals surface area contributed by atoms with Gasteiger partial charge in [0.05, 0.1) is 5.92 Å². The Morgan fingerprint density at radius 2 is 2.05 bits per heavy atom. The number of hydrogen-bond donors (Lipinski definition) is 1. The molecular weight excluding hydrogens is 264 g/mol. The van der Waals surface area contributed by atoms with E-state index in [1.807, 2.05) is 36.1 Å². The SMILES string of the molecule is Cc1cccc(NC(=O)C2CC(=O)N(C3CCCC3)C2)c1. The van der Waals surface area contributed by atoms with Gasteiger partial charge in [-0.1, -0.05) is 25.0 Å². The first-order valence-electron chi connectivity index (χ1n) is 7.80. The van der Waals surface area contributed by atoms with Crippen LogP contribution in [0, 0.1) is 12.8 Å². The van der Waals surface area contributed by atoms with Gasteiger partial charge in [-0.15, -0.1) is 0 Å². The van der Waals surface area contributed by atoms with Crippen LogP contribution in [0.4, 0.5) is 5.69 Å². The highest BCUT2D eigenvalue weighted by Crippen LogP contribution is 2.30. The lowest BCUT2D eigenvalue weighted by Gasteiger charge is -2.23. The molecule has 112 valence electrons. The van der Waals surface area contributed by atoms with Crippen LogP contribution in [-0.4, -0.2) is 29.3 Å². The smallest absolute Gasteiger partial charge is 0.229 e. The first-order valence-corrected chi connectivity index (χ1v) is 7.80. The van der Waals surface area contributed by atoms with Crippen LogP contribution in [0.5, 0.6) is 0 Å². The third-order valence-electron chi connectivity index (χ3n) is 4.58. The molecule has 0 aromatic heterocycles. The molecule has 1 aliphatic heterocycles. The second-order valence-corrected chi connectivity index (χ2v) is 6.24. The molecule has 1 aromatic carbocycles. The van der Waals surface area contributed by atoms with Crippen LogP contribution in [0.3, 0.4) is 0 Å². The Morgan fingerprint density at radius 3 is 2.76 bits per heavy atom. The Bertz CT molecular complexity index is 549. The summed E-state index contributed by atoms with van der Waals surface area (Å²) in [6.45, 7) is 2.58. The van der Waals surface area contributed by atoms with Crippen molar-refractivity contribution < 1.29 is 9.59 Å². The van der Waals surface area contributed by atoms with Crippen molar-refractivity contribution in [3.63, 3.8) is 0 Å². The zero-order valence-electron chi connectivity index (χ0n) is 12.5. The molecule has 21 heavy (non-hydrogen) atoms. The van der Waals surface area contributed by atoms with Crippen LogP contribution < -0.4 is 5.32 Å². The molecule has 1 N–H and O–H groups in total. The predicted octanol–water partition coefficient (Wildman–Crippen LogP) is 2.72. The van der Waals surface area contributed by atoms with Gasteiger partial charge in [0, 0.05) is 24.7 Å². The molecule has 2 aliphatic rings. The minimum atomic E-state index is -0.210. The molecule has 1 aliphatic carbocycles. The Morgan fingerprint density at radius 1 is 1.29 bits per heavy atom. The van der Waals surface area contributed by atoms with E-state index in [9.17, 15) is 9.59 Å². The summed E-state index contributed by atoms with van der Waals surface area (Å²) in [5, 5.41) is 2.94. The van der Waals surface area contributed by atoms with E-state index in [0.717, 1.165) is 24.1 Å². The maximum atomic E-state index is 12.3. The number of aryl methyl sites for hydroxylation is 1. The summed E-state index contributed by atoms with van der Waals surface area (Å²) in [6, 6.07) is 8.13. The van der Waals surface area contributed by atoms with E-state index in [1.165, 1.54) is 12.8 Å². The van der Waals surface area contributed by atoms with Crippen molar-refractivity contribution in [3.8, 4) is 0 Å².